The van der Waals surface area contributed by atoms with E-state index in [2.05, 4.69) is 17.1 Å². The van der Waals surface area contributed by atoms with Crippen molar-refractivity contribution in [2.75, 3.05) is 32.2 Å². The zero-order valence-electron chi connectivity index (χ0n) is 12.5. The molecular weight excluding hydrogens is 243 g/mol. The highest BCUT2D eigenvalue weighted by Crippen LogP contribution is 2.29. The van der Waals surface area contributed by atoms with Crippen LogP contribution >= 0.6 is 0 Å². The van der Waals surface area contributed by atoms with Gasteiger partial charge in [0.15, 0.2) is 0 Å². The first-order valence-electron chi connectivity index (χ1n) is 6.76. The standard InChI is InChI=1S/C15H25FN2O/c1-6-17-12(3)15-13(16)8-7-9-14(15)18(4)11(2)10-19-5/h7-9,11-12,17H,6,10H2,1-5H3. The lowest BCUT2D eigenvalue weighted by molar-refractivity contribution is 0.183. The Labute approximate surface area is 115 Å². The Kier molecular flexibility index (Phi) is 6.25. The second kappa shape index (κ2) is 7.46. The minimum absolute atomic E-state index is 0.0154. The second-order valence-electron chi connectivity index (χ2n) is 4.87. The molecule has 1 rings (SSSR count). The van der Waals surface area contributed by atoms with Crippen LogP contribution in [0.25, 0.3) is 0 Å². The summed E-state index contributed by atoms with van der Waals surface area (Å²) in [6.07, 6.45) is 0. The second-order valence-corrected chi connectivity index (χ2v) is 4.87. The fourth-order valence-corrected chi connectivity index (χ4v) is 2.26. The van der Waals surface area contributed by atoms with Crippen molar-refractivity contribution < 1.29 is 9.13 Å². The third-order valence-electron chi connectivity index (χ3n) is 3.42. The zero-order chi connectivity index (χ0) is 14.4. The molecule has 0 saturated heterocycles. The van der Waals surface area contributed by atoms with Crippen LogP contribution in [0.2, 0.25) is 0 Å². The molecule has 1 aromatic carbocycles. The molecule has 0 radical (unpaired) electrons. The highest BCUT2D eigenvalue weighted by molar-refractivity contribution is 5.55. The van der Waals surface area contributed by atoms with Crippen LogP contribution in [0, 0.1) is 5.82 Å². The van der Waals surface area contributed by atoms with E-state index in [1.165, 1.54) is 6.07 Å². The lowest BCUT2D eigenvalue weighted by Gasteiger charge is -2.30. The molecule has 0 aliphatic heterocycles. The molecule has 19 heavy (non-hydrogen) atoms. The van der Waals surface area contributed by atoms with Crippen molar-refractivity contribution >= 4 is 5.69 Å². The lowest BCUT2D eigenvalue weighted by Crippen LogP contribution is -2.34. The van der Waals surface area contributed by atoms with Gasteiger partial charge in [-0.15, -0.1) is 0 Å². The van der Waals surface area contributed by atoms with Crippen LogP contribution in [0.15, 0.2) is 18.2 Å². The number of nitrogens with zero attached hydrogens (tertiary/aromatic N) is 1. The summed E-state index contributed by atoms with van der Waals surface area (Å²) in [6.45, 7) is 7.50. The summed E-state index contributed by atoms with van der Waals surface area (Å²) in [5.74, 6) is -0.164. The van der Waals surface area contributed by atoms with Crippen molar-refractivity contribution in [3.63, 3.8) is 0 Å². The number of nitrogens with one attached hydrogen (secondary N) is 1. The zero-order valence-corrected chi connectivity index (χ0v) is 12.5. The summed E-state index contributed by atoms with van der Waals surface area (Å²) < 4.78 is 19.3. The van der Waals surface area contributed by atoms with Gasteiger partial charge < -0.3 is 15.0 Å². The molecule has 0 amide bonds. The van der Waals surface area contributed by atoms with E-state index in [0.29, 0.717) is 6.61 Å². The summed E-state index contributed by atoms with van der Waals surface area (Å²) in [7, 11) is 3.65. The highest BCUT2D eigenvalue weighted by atomic mass is 19.1. The van der Waals surface area contributed by atoms with Crippen molar-refractivity contribution in [1.82, 2.24) is 5.32 Å². The van der Waals surface area contributed by atoms with Crippen LogP contribution in [-0.2, 0) is 4.74 Å². The highest BCUT2D eigenvalue weighted by Gasteiger charge is 2.19. The van der Waals surface area contributed by atoms with E-state index in [1.807, 2.05) is 27.0 Å². The summed E-state index contributed by atoms with van der Waals surface area (Å²) in [4.78, 5) is 2.07. The topological polar surface area (TPSA) is 24.5 Å². The molecule has 2 unspecified atom stereocenters. The quantitative estimate of drug-likeness (QED) is 0.823. The van der Waals surface area contributed by atoms with Gasteiger partial charge in [0.05, 0.1) is 6.61 Å². The maximum atomic E-state index is 14.1. The molecule has 0 fully saturated rings. The van der Waals surface area contributed by atoms with Gasteiger partial charge in [-0.3, -0.25) is 0 Å². The lowest BCUT2D eigenvalue weighted by atomic mass is 10.0. The van der Waals surface area contributed by atoms with Crippen molar-refractivity contribution in [2.45, 2.75) is 32.9 Å². The predicted molar refractivity (Wildman–Crippen MR) is 78.2 cm³/mol. The summed E-state index contributed by atoms with van der Waals surface area (Å²) in [6, 6.07) is 5.40. The average Bonchev–Trinajstić information content (AvgIpc) is 2.38. The Morgan fingerprint density at radius 2 is 2.05 bits per heavy atom. The molecule has 0 aliphatic carbocycles. The van der Waals surface area contributed by atoms with Crippen LogP contribution < -0.4 is 10.2 Å². The van der Waals surface area contributed by atoms with E-state index < -0.39 is 0 Å². The molecule has 1 N–H and O–H groups in total. The van der Waals surface area contributed by atoms with Gasteiger partial charge in [-0.1, -0.05) is 13.0 Å². The van der Waals surface area contributed by atoms with Crippen LogP contribution in [0.5, 0.6) is 0 Å². The number of hydrogen-bond acceptors (Lipinski definition) is 3. The monoisotopic (exact) mass is 268 g/mol. The van der Waals surface area contributed by atoms with Gasteiger partial charge in [-0.25, -0.2) is 4.39 Å². The molecule has 3 nitrogen and oxygen atoms in total. The van der Waals surface area contributed by atoms with Crippen molar-refractivity contribution in [3.8, 4) is 0 Å². The molecule has 2 atom stereocenters. The number of ether oxygens (including phenoxy) is 1. The van der Waals surface area contributed by atoms with Gasteiger partial charge in [-0.2, -0.15) is 0 Å². The van der Waals surface area contributed by atoms with Crippen LogP contribution in [0.3, 0.4) is 0 Å². The first-order chi connectivity index (χ1) is 9.02. The SMILES string of the molecule is CCNC(C)c1c(F)cccc1N(C)C(C)COC. The smallest absolute Gasteiger partial charge is 0.130 e. The molecule has 4 heteroatoms. The molecule has 0 spiro atoms. The number of rotatable bonds is 7. The average molecular weight is 268 g/mol. The van der Waals surface area contributed by atoms with Crippen LogP contribution in [-0.4, -0.2) is 33.4 Å². The maximum Gasteiger partial charge on any atom is 0.130 e. The maximum absolute atomic E-state index is 14.1. The number of methoxy groups -OCH3 is 1. The Balaban J connectivity index is 3.09. The first-order valence-corrected chi connectivity index (χ1v) is 6.76. The predicted octanol–water partition coefficient (Wildman–Crippen LogP) is 2.97. The molecule has 0 heterocycles. The van der Waals surface area contributed by atoms with E-state index in [9.17, 15) is 4.39 Å². The normalized spacial score (nSPS) is 14.2. The van der Waals surface area contributed by atoms with Gasteiger partial charge >= 0.3 is 0 Å². The first kappa shape index (κ1) is 15.9. The molecule has 1 aromatic rings. The van der Waals surface area contributed by atoms with Crippen LogP contribution in [0.1, 0.15) is 32.4 Å². The summed E-state index contributed by atoms with van der Waals surface area (Å²) in [5.41, 5.74) is 1.63. The van der Waals surface area contributed by atoms with Gasteiger partial charge in [-0.05, 0) is 32.5 Å². The Bertz CT molecular complexity index is 398. The number of halogens is 1. The molecule has 108 valence electrons. The van der Waals surface area contributed by atoms with E-state index in [4.69, 9.17) is 4.74 Å². The third-order valence-corrected chi connectivity index (χ3v) is 3.42. The number of likely N-dealkylation sites (N-methyl/N-ethyl adjacent to an activating group) is 1. The number of benzene rings is 1. The van der Waals surface area contributed by atoms with Gasteiger partial charge in [0, 0.05) is 37.5 Å². The number of hydrogen-bond donors (Lipinski definition) is 1. The number of anilines is 1. The van der Waals surface area contributed by atoms with Crippen molar-refractivity contribution in [2.24, 2.45) is 0 Å². The van der Waals surface area contributed by atoms with E-state index in [1.54, 1.807) is 13.2 Å². The fourth-order valence-electron chi connectivity index (χ4n) is 2.26. The summed E-state index contributed by atoms with van der Waals surface area (Å²) in [5, 5.41) is 3.27. The van der Waals surface area contributed by atoms with E-state index in [0.717, 1.165) is 17.8 Å². The van der Waals surface area contributed by atoms with Gasteiger partial charge in [0.25, 0.3) is 0 Å². The van der Waals surface area contributed by atoms with Gasteiger partial charge in [0.2, 0.25) is 0 Å². The summed E-state index contributed by atoms with van der Waals surface area (Å²) >= 11 is 0. The molecule has 0 aliphatic rings. The third kappa shape index (κ3) is 3.91. The minimum atomic E-state index is -0.164. The molecule has 0 saturated carbocycles. The van der Waals surface area contributed by atoms with E-state index >= 15 is 0 Å². The molecule has 0 bridgehead atoms. The van der Waals surface area contributed by atoms with Crippen LogP contribution in [0.4, 0.5) is 10.1 Å². The molecule has 0 aromatic heterocycles. The van der Waals surface area contributed by atoms with E-state index in [-0.39, 0.29) is 17.9 Å². The Hall–Kier alpha value is -1.13. The fraction of sp³-hybridized carbons (Fsp3) is 0.600. The Morgan fingerprint density at radius 1 is 1.37 bits per heavy atom. The van der Waals surface area contributed by atoms with Crippen molar-refractivity contribution in [3.05, 3.63) is 29.6 Å². The minimum Gasteiger partial charge on any atom is -0.383 e. The van der Waals surface area contributed by atoms with Gasteiger partial charge in [0.1, 0.15) is 5.82 Å². The molecular formula is C15H25FN2O. The largest absolute Gasteiger partial charge is 0.383 e. The van der Waals surface area contributed by atoms with Crippen molar-refractivity contribution in [1.29, 1.82) is 0 Å². The Morgan fingerprint density at radius 3 is 2.63 bits per heavy atom.